The van der Waals surface area contributed by atoms with E-state index in [0.717, 1.165) is 0 Å². The molecule has 64 heavy (non-hydrogen) atoms. The lowest BCUT2D eigenvalue weighted by atomic mass is 9.94. The molecular formula is C45H73N7O12. The number of esters is 2. The van der Waals surface area contributed by atoms with Gasteiger partial charge in [0.15, 0.2) is 0 Å². The molecule has 8 atom stereocenters. The van der Waals surface area contributed by atoms with Gasteiger partial charge >= 0.3 is 18.0 Å². The van der Waals surface area contributed by atoms with Crippen LogP contribution in [0.4, 0.5) is 4.79 Å². The third kappa shape index (κ3) is 17.4. The van der Waals surface area contributed by atoms with Gasteiger partial charge in [-0.15, -0.1) is 0 Å². The van der Waals surface area contributed by atoms with Crippen molar-refractivity contribution in [3.05, 3.63) is 35.9 Å². The molecule has 19 heteroatoms. The van der Waals surface area contributed by atoms with Gasteiger partial charge in [0.1, 0.15) is 53.0 Å². The predicted molar refractivity (Wildman–Crippen MR) is 238 cm³/mol. The summed E-state index contributed by atoms with van der Waals surface area (Å²) in [5, 5.41) is 18.2. The van der Waals surface area contributed by atoms with E-state index in [1.54, 1.807) is 73.6 Å². The van der Waals surface area contributed by atoms with E-state index in [0.29, 0.717) is 12.8 Å². The first kappa shape index (κ1) is 56.3. The molecular weight excluding hydrogens is 831 g/mol. The Morgan fingerprint density at radius 1 is 0.562 bits per heavy atom. The largest absolute Gasteiger partial charge is 0.467 e. The van der Waals surface area contributed by atoms with Crippen LogP contribution >= 0.6 is 0 Å². The second kappa shape index (κ2) is 24.4. The highest BCUT2D eigenvalue weighted by atomic mass is 16.6. The topological polar surface area (TPSA) is 266 Å². The van der Waals surface area contributed by atoms with Gasteiger partial charge < -0.3 is 51.4 Å². The number of hydrogen-bond donors (Lipinski definition) is 7. The smallest absolute Gasteiger partial charge is 0.408 e. The average Bonchev–Trinajstić information content (AvgIpc) is 3.20. The molecule has 0 saturated heterocycles. The van der Waals surface area contributed by atoms with E-state index < -0.39 is 118 Å². The first-order valence-corrected chi connectivity index (χ1v) is 21.6. The van der Waals surface area contributed by atoms with E-state index in [-0.39, 0.29) is 11.5 Å². The van der Waals surface area contributed by atoms with E-state index in [4.69, 9.17) is 14.2 Å². The molecule has 19 nitrogen and oxygen atoms in total. The number of methoxy groups -OCH3 is 1. The van der Waals surface area contributed by atoms with Gasteiger partial charge in [0.2, 0.25) is 35.4 Å². The van der Waals surface area contributed by atoms with E-state index in [1.807, 2.05) is 6.92 Å². The molecule has 0 saturated carbocycles. The van der Waals surface area contributed by atoms with Gasteiger partial charge in [0.25, 0.3) is 0 Å². The third-order valence-corrected chi connectivity index (χ3v) is 10.4. The van der Waals surface area contributed by atoms with Gasteiger partial charge in [-0.25, -0.2) is 14.4 Å². The first-order valence-electron chi connectivity index (χ1n) is 21.6. The highest BCUT2D eigenvalue weighted by Gasteiger charge is 2.41. The molecule has 1 rings (SSSR count). The molecule has 1 aromatic rings. The minimum Gasteiger partial charge on any atom is -0.467 e. The summed E-state index contributed by atoms with van der Waals surface area (Å²) in [7, 11) is 1.18. The van der Waals surface area contributed by atoms with E-state index in [2.05, 4.69) is 37.2 Å². The fourth-order valence-corrected chi connectivity index (χ4v) is 5.99. The van der Waals surface area contributed by atoms with Crippen LogP contribution < -0.4 is 37.2 Å². The summed E-state index contributed by atoms with van der Waals surface area (Å²) >= 11 is 0. The van der Waals surface area contributed by atoms with Crippen molar-refractivity contribution in [3.8, 4) is 0 Å². The molecule has 0 spiro atoms. The van der Waals surface area contributed by atoms with E-state index >= 15 is 0 Å². The van der Waals surface area contributed by atoms with Crippen LogP contribution in [0.15, 0.2) is 30.3 Å². The lowest BCUT2D eigenvalue weighted by molar-refractivity contribution is -0.150. The van der Waals surface area contributed by atoms with Gasteiger partial charge in [-0.1, -0.05) is 72.6 Å². The lowest BCUT2D eigenvalue weighted by Gasteiger charge is -2.34. The van der Waals surface area contributed by atoms with Crippen LogP contribution in [-0.2, 0) is 47.8 Å². The second-order valence-corrected chi connectivity index (χ2v) is 18.5. The van der Waals surface area contributed by atoms with Gasteiger partial charge in [0, 0.05) is 0 Å². The summed E-state index contributed by atoms with van der Waals surface area (Å²) in [4.78, 5) is 121. The van der Waals surface area contributed by atoms with Crippen molar-refractivity contribution in [2.24, 2.45) is 17.8 Å². The Balaban J connectivity index is 3.42. The first-order chi connectivity index (χ1) is 29.4. The van der Waals surface area contributed by atoms with Crippen LogP contribution in [0, 0.1) is 17.8 Å². The second-order valence-electron chi connectivity index (χ2n) is 18.5. The molecule has 0 bridgehead atoms. The number of rotatable bonds is 22. The molecule has 0 aliphatic carbocycles. The molecule has 0 radical (unpaired) electrons. The zero-order chi connectivity index (χ0) is 49.5. The van der Waals surface area contributed by atoms with Gasteiger partial charge in [-0.3, -0.25) is 28.8 Å². The van der Waals surface area contributed by atoms with Crippen molar-refractivity contribution < 1.29 is 57.4 Å². The molecule has 7 amide bonds. The normalized spacial score (nSPS) is 15.5. The van der Waals surface area contributed by atoms with Crippen LogP contribution in [0.2, 0.25) is 0 Å². The average molecular weight is 904 g/mol. The molecule has 0 heterocycles. The maximum Gasteiger partial charge on any atom is 0.408 e. The Kier molecular flexibility index (Phi) is 21.4. The minimum atomic E-state index is -1.77. The number of hydrogen-bond acceptors (Lipinski definition) is 12. The van der Waals surface area contributed by atoms with E-state index in [9.17, 15) is 43.2 Å². The maximum absolute atomic E-state index is 14.2. The highest BCUT2D eigenvalue weighted by molar-refractivity contribution is 5.99. The number of amides is 7. The van der Waals surface area contributed by atoms with Crippen LogP contribution in [-0.4, -0.2) is 114 Å². The van der Waals surface area contributed by atoms with E-state index in [1.165, 1.54) is 60.8 Å². The van der Waals surface area contributed by atoms with Gasteiger partial charge in [-0.2, -0.15) is 0 Å². The zero-order valence-electron chi connectivity index (χ0n) is 40.4. The Bertz CT molecular complexity index is 1810. The molecule has 360 valence electrons. The molecule has 0 aliphatic heterocycles. The Morgan fingerprint density at radius 2 is 1.03 bits per heavy atom. The summed E-state index contributed by atoms with van der Waals surface area (Å²) < 4.78 is 15.7. The molecule has 0 fully saturated rings. The fraction of sp³-hybridized carbons (Fsp3) is 0.667. The fourth-order valence-electron chi connectivity index (χ4n) is 5.99. The van der Waals surface area contributed by atoms with Crippen molar-refractivity contribution in [2.45, 2.75) is 170 Å². The molecule has 1 aromatic carbocycles. The summed E-state index contributed by atoms with van der Waals surface area (Å²) in [6, 6.07) is 1.57. The summed E-state index contributed by atoms with van der Waals surface area (Å²) in [5.74, 6) is -7.50. The third-order valence-electron chi connectivity index (χ3n) is 10.4. The van der Waals surface area contributed by atoms with Gasteiger partial charge in [0.05, 0.1) is 12.7 Å². The SMILES string of the molecule is CC[C@H](C)[C@H](NC(=O)OC(C)(C)C)C(=O)N[C@@H](C)C(=O)N[C@H](C(=O)NC(C)(C)C(=O)N[C@H](C(=O)N[C@H](C(=O)NC(C)(C)C(=O)OC)C(C)C)[C@@H](C)CC)[C@@H](C)OC(=O)c1ccccc1. The van der Waals surface area contributed by atoms with Crippen LogP contribution in [0.3, 0.4) is 0 Å². The molecule has 0 unspecified atom stereocenters. The minimum absolute atomic E-state index is 0.160. The van der Waals surface area contributed by atoms with Crippen LogP contribution in [0.25, 0.3) is 0 Å². The number of benzene rings is 1. The summed E-state index contributed by atoms with van der Waals surface area (Å²) in [6.45, 7) is 23.8. The molecule has 0 aromatic heterocycles. The van der Waals surface area contributed by atoms with Crippen molar-refractivity contribution in [3.63, 3.8) is 0 Å². The van der Waals surface area contributed by atoms with Crippen molar-refractivity contribution in [1.82, 2.24) is 37.2 Å². The summed E-state index contributed by atoms with van der Waals surface area (Å²) in [6.07, 6.45) is -1.27. The zero-order valence-corrected chi connectivity index (χ0v) is 40.4. The number of alkyl carbamates (subject to hydrolysis) is 1. The summed E-state index contributed by atoms with van der Waals surface area (Å²) in [5.41, 5.74) is -3.86. The number of nitrogens with one attached hydrogen (secondary N) is 7. The van der Waals surface area contributed by atoms with Crippen molar-refractivity contribution in [1.29, 1.82) is 0 Å². The monoisotopic (exact) mass is 904 g/mol. The van der Waals surface area contributed by atoms with Crippen molar-refractivity contribution in [2.75, 3.05) is 7.11 Å². The maximum atomic E-state index is 14.2. The number of carbonyl (C=O) groups is 9. The van der Waals surface area contributed by atoms with Crippen LogP contribution in [0.5, 0.6) is 0 Å². The van der Waals surface area contributed by atoms with Crippen LogP contribution in [0.1, 0.15) is 127 Å². The Hall–Kier alpha value is -5.75. The molecule has 7 N–H and O–H groups in total. The Morgan fingerprint density at radius 3 is 1.52 bits per heavy atom. The highest BCUT2D eigenvalue weighted by Crippen LogP contribution is 2.16. The quantitative estimate of drug-likeness (QED) is 0.0655. The van der Waals surface area contributed by atoms with Gasteiger partial charge in [-0.05, 0) is 92.2 Å². The Labute approximate surface area is 377 Å². The molecule has 0 aliphatic rings. The number of ether oxygens (including phenoxy) is 3. The van der Waals surface area contributed by atoms with Crippen molar-refractivity contribution >= 4 is 53.5 Å². The predicted octanol–water partition coefficient (Wildman–Crippen LogP) is 2.80. The lowest BCUT2D eigenvalue weighted by Crippen LogP contribution is -2.65. The number of carbonyl (C=O) groups excluding carboxylic acids is 9. The standard InChI is InChI=1S/C45H73N7O12/c1-17-25(5)31(36(55)47-30(24(3)4)37(56)52-45(14,15)41(60)62-16)49-40(59)44(12,13)51-38(57)33(28(8)63-39(58)29-22-20-19-21-23-29)48-34(53)27(7)46-35(54)32(26(6)18-2)50-42(61)64-43(9,10)11/h19-28,30-33H,17-18H2,1-16H3,(H,46,54)(H,47,55)(H,48,53)(H,49,59)(H,50,61)(H,51,57)(H,52,56)/t25-,26-,27-,28+,30-,31-,32-,33-/m0/s1.